The summed E-state index contributed by atoms with van der Waals surface area (Å²) < 4.78 is 6.13. The number of hydrogen-bond acceptors (Lipinski definition) is 9. The first-order valence-electron chi connectivity index (χ1n) is 11.6. The number of allylic oxidation sites excluding steroid dienone is 1. The van der Waals surface area contributed by atoms with E-state index in [0.29, 0.717) is 24.8 Å². The molecule has 0 spiro atoms. The van der Waals surface area contributed by atoms with Gasteiger partial charge in [-0.3, -0.25) is 0 Å². The van der Waals surface area contributed by atoms with Crippen LogP contribution in [0.4, 0.5) is 10.9 Å². The van der Waals surface area contributed by atoms with Gasteiger partial charge in [-0.05, 0) is 51.2 Å². The molecule has 0 bridgehead atoms. The van der Waals surface area contributed by atoms with Gasteiger partial charge in [-0.25, -0.2) is 19.9 Å². The Bertz CT molecular complexity index is 1400. The Morgan fingerprint density at radius 1 is 1.20 bits per heavy atom. The minimum absolute atomic E-state index is 0.528. The fourth-order valence-electron chi connectivity index (χ4n) is 4.39. The average Bonchev–Trinajstić information content (AvgIpc) is 3.06. The minimum Gasteiger partial charge on any atom is -0.491 e. The van der Waals surface area contributed by atoms with Crippen LogP contribution in [0, 0.1) is 6.92 Å². The largest absolute Gasteiger partial charge is 0.491 e. The summed E-state index contributed by atoms with van der Waals surface area (Å²) in [6, 6.07) is 8.32. The second-order valence-corrected chi connectivity index (χ2v) is 9.96. The highest BCUT2D eigenvalue weighted by atomic mass is 32.1. The van der Waals surface area contributed by atoms with Gasteiger partial charge in [0.1, 0.15) is 34.3 Å². The topological polar surface area (TPSA) is 93.3 Å². The molecule has 2 N–H and O–H groups in total. The molecule has 8 nitrogen and oxygen atoms in total. The summed E-state index contributed by atoms with van der Waals surface area (Å²) in [6.45, 7) is 8.69. The summed E-state index contributed by atoms with van der Waals surface area (Å²) in [5.41, 5.74) is 12.0. The van der Waals surface area contributed by atoms with E-state index in [0.717, 1.165) is 68.7 Å². The summed E-state index contributed by atoms with van der Waals surface area (Å²) >= 11 is 1.40. The van der Waals surface area contributed by atoms with Crippen molar-refractivity contribution in [1.29, 1.82) is 0 Å². The van der Waals surface area contributed by atoms with Crippen LogP contribution >= 0.6 is 11.3 Å². The number of nitrogens with zero attached hydrogens (tertiary/aromatic N) is 6. The molecule has 1 aromatic carbocycles. The molecule has 5 rings (SSSR count). The van der Waals surface area contributed by atoms with Crippen molar-refractivity contribution in [2.75, 3.05) is 37.9 Å². The summed E-state index contributed by atoms with van der Waals surface area (Å²) in [5.74, 6) is 2.67. The number of hydrogen-bond donors (Lipinski definition) is 1. The monoisotopic (exact) mass is 487 g/mol. The summed E-state index contributed by atoms with van der Waals surface area (Å²) in [7, 11) is 4.06. The maximum atomic E-state index is 6.13. The Kier molecular flexibility index (Phi) is 6.36. The van der Waals surface area contributed by atoms with E-state index in [9.17, 15) is 0 Å². The first kappa shape index (κ1) is 23.2. The molecule has 3 aromatic heterocycles. The van der Waals surface area contributed by atoms with Gasteiger partial charge in [-0.15, -0.1) is 6.58 Å². The van der Waals surface area contributed by atoms with Crippen molar-refractivity contribution in [3.8, 4) is 16.9 Å². The molecule has 35 heavy (non-hydrogen) atoms. The molecule has 1 aliphatic rings. The smallest absolute Gasteiger partial charge is 0.182 e. The highest BCUT2D eigenvalue weighted by Crippen LogP contribution is 2.33. The number of rotatable bonds is 6. The summed E-state index contributed by atoms with van der Waals surface area (Å²) in [6.07, 6.45) is 4.51. The number of benzene rings is 1. The van der Waals surface area contributed by atoms with E-state index in [2.05, 4.69) is 45.4 Å². The molecule has 0 amide bonds. The molecule has 1 aliphatic heterocycles. The summed E-state index contributed by atoms with van der Waals surface area (Å²) in [4.78, 5) is 23.9. The van der Waals surface area contributed by atoms with Crippen molar-refractivity contribution in [2.24, 2.45) is 0 Å². The van der Waals surface area contributed by atoms with Crippen molar-refractivity contribution < 1.29 is 4.74 Å². The fraction of sp³-hybridized carbons (Fsp3) is 0.308. The van der Waals surface area contributed by atoms with Crippen molar-refractivity contribution in [3.05, 3.63) is 65.8 Å². The summed E-state index contributed by atoms with van der Waals surface area (Å²) in [5, 5.41) is 0.528. The fourth-order valence-corrected chi connectivity index (χ4v) is 5.05. The van der Waals surface area contributed by atoms with Gasteiger partial charge >= 0.3 is 0 Å². The number of aromatic nitrogens is 4. The van der Waals surface area contributed by atoms with Crippen LogP contribution in [0.25, 0.3) is 21.5 Å². The van der Waals surface area contributed by atoms with Gasteiger partial charge in [-0.2, -0.15) is 0 Å². The molecule has 0 saturated carbocycles. The molecule has 0 saturated heterocycles. The number of ether oxygens (including phenoxy) is 1. The van der Waals surface area contributed by atoms with E-state index in [1.807, 2.05) is 38.5 Å². The molecule has 0 unspecified atom stereocenters. The zero-order valence-corrected chi connectivity index (χ0v) is 21.1. The van der Waals surface area contributed by atoms with Crippen LogP contribution in [0.3, 0.4) is 0 Å². The third-order valence-electron chi connectivity index (χ3n) is 5.98. The molecule has 4 heterocycles. The Balaban J connectivity index is 1.52. The van der Waals surface area contributed by atoms with Gasteiger partial charge in [0.15, 0.2) is 5.13 Å². The third kappa shape index (κ3) is 4.82. The Hall–Kier alpha value is -3.56. The van der Waals surface area contributed by atoms with Gasteiger partial charge in [0, 0.05) is 35.1 Å². The van der Waals surface area contributed by atoms with Gasteiger partial charge in [0.05, 0.1) is 13.1 Å². The van der Waals surface area contributed by atoms with Crippen LogP contribution in [0.15, 0.2) is 43.1 Å². The highest BCUT2D eigenvalue weighted by molar-refractivity contribution is 7.21. The number of nitrogen functional groups attached to an aromatic ring is 1. The van der Waals surface area contributed by atoms with E-state index in [1.54, 1.807) is 0 Å². The molecule has 9 heteroatoms. The van der Waals surface area contributed by atoms with Crippen molar-refractivity contribution in [2.45, 2.75) is 26.4 Å². The zero-order valence-electron chi connectivity index (χ0n) is 20.3. The predicted molar refractivity (Wildman–Crippen MR) is 142 cm³/mol. The van der Waals surface area contributed by atoms with Gasteiger partial charge in [0.2, 0.25) is 0 Å². The van der Waals surface area contributed by atoms with Crippen molar-refractivity contribution in [1.82, 2.24) is 24.8 Å². The van der Waals surface area contributed by atoms with Crippen LogP contribution in [-0.2, 0) is 19.5 Å². The standard InChI is InChI=1S/C26H29N7OS/c1-5-6-20-16(2)29-23(15-32(3)4)31-24(20)33-9-10-34-22-8-7-17(11-19(22)14-33)18-12-21-25(28-13-18)35-26(27)30-21/h5,7-8,11-13H,1,6,9-10,14-15H2,2-4H3,(H2,27,30). The molecule has 0 radical (unpaired) electrons. The molecule has 0 aliphatic carbocycles. The highest BCUT2D eigenvalue weighted by Gasteiger charge is 2.22. The molecular formula is C26H29N7OS. The van der Waals surface area contributed by atoms with E-state index >= 15 is 0 Å². The second-order valence-electron chi connectivity index (χ2n) is 8.95. The number of fused-ring (bicyclic) bond motifs is 2. The lowest BCUT2D eigenvalue weighted by molar-refractivity contribution is 0.331. The first-order valence-corrected chi connectivity index (χ1v) is 12.4. The Morgan fingerprint density at radius 2 is 2.06 bits per heavy atom. The maximum absolute atomic E-state index is 6.13. The SMILES string of the molecule is C=CCc1c(C)nc(CN(C)C)nc1N1CCOc2ccc(-c3cnc4sc(N)nc4c3)cc2C1. The number of thiazole rings is 1. The second kappa shape index (κ2) is 9.59. The van der Waals surface area contributed by atoms with Gasteiger partial charge < -0.3 is 20.3 Å². The van der Waals surface area contributed by atoms with Gasteiger partial charge in [0.25, 0.3) is 0 Å². The number of aryl methyl sites for hydroxylation is 1. The number of pyridine rings is 1. The molecule has 0 fully saturated rings. The normalized spacial score (nSPS) is 13.5. The van der Waals surface area contributed by atoms with Crippen LogP contribution in [0.1, 0.15) is 22.6 Å². The van der Waals surface area contributed by atoms with Crippen LogP contribution in [-0.4, -0.2) is 52.1 Å². The average molecular weight is 488 g/mol. The van der Waals surface area contributed by atoms with E-state index in [-0.39, 0.29) is 0 Å². The molecule has 0 atom stereocenters. The lowest BCUT2D eigenvalue weighted by Crippen LogP contribution is -2.29. The maximum Gasteiger partial charge on any atom is 0.182 e. The predicted octanol–water partition coefficient (Wildman–Crippen LogP) is 4.23. The molecule has 4 aromatic rings. The van der Waals surface area contributed by atoms with Crippen molar-refractivity contribution in [3.63, 3.8) is 0 Å². The van der Waals surface area contributed by atoms with Gasteiger partial charge in [-0.1, -0.05) is 23.5 Å². The van der Waals surface area contributed by atoms with E-state index in [4.69, 9.17) is 20.4 Å². The van der Waals surface area contributed by atoms with E-state index in [1.165, 1.54) is 11.3 Å². The minimum atomic E-state index is 0.528. The van der Waals surface area contributed by atoms with Crippen molar-refractivity contribution >= 4 is 32.6 Å². The number of anilines is 2. The first-order chi connectivity index (χ1) is 16.9. The molecular weight excluding hydrogens is 458 g/mol. The van der Waals surface area contributed by atoms with Crippen LogP contribution in [0.2, 0.25) is 0 Å². The Morgan fingerprint density at radius 3 is 2.86 bits per heavy atom. The lowest BCUT2D eigenvalue weighted by Gasteiger charge is -2.25. The molecule has 180 valence electrons. The van der Waals surface area contributed by atoms with Crippen LogP contribution in [0.5, 0.6) is 5.75 Å². The Labute approximate surface area is 209 Å². The lowest BCUT2D eigenvalue weighted by atomic mass is 10.0. The quantitative estimate of drug-likeness (QED) is 0.404. The zero-order chi connectivity index (χ0) is 24.5. The number of nitrogens with two attached hydrogens (primary N) is 1. The third-order valence-corrected chi connectivity index (χ3v) is 6.79. The van der Waals surface area contributed by atoms with E-state index < -0.39 is 0 Å². The van der Waals surface area contributed by atoms with Crippen LogP contribution < -0.4 is 15.4 Å².